The molecule has 0 unspecified atom stereocenters. The minimum atomic E-state index is -3.75. The molecule has 1 amide bonds. The molecule has 0 radical (unpaired) electrons. The third-order valence-corrected chi connectivity index (χ3v) is 6.49. The number of sulfonamides is 1. The van der Waals surface area contributed by atoms with E-state index in [-0.39, 0.29) is 10.8 Å². The molecule has 2 N–H and O–H groups in total. The monoisotopic (exact) mass is 436 g/mol. The van der Waals surface area contributed by atoms with Crippen molar-refractivity contribution in [3.8, 4) is 0 Å². The summed E-state index contributed by atoms with van der Waals surface area (Å²) in [6.07, 6.45) is 3.30. The van der Waals surface area contributed by atoms with Gasteiger partial charge in [0.15, 0.2) is 0 Å². The van der Waals surface area contributed by atoms with E-state index in [1.807, 2.05) is 31.2 Å². The summed E-state index contributed by atoms with van der Waals surface area (Å²) in [5.41, 5.74) is 4.40. The molecular formula is C25H28N2O3S. The molecule has 0 heterocycles. The predicted molar refractivity (Wildman–Crippen MR) is 126 cm³/mol. The highest BCUT2D eigenvalue weighted by Crippen LogP contribution is 2.22. The molecule has 0 saturated carbocycles. The average molecular weight is 437 g/mol. The highest BCUT2D eigenvalue weighted by molar-refractivity contribution is 7.92. The molecule has 6 heteroatoms. The molecule has 162 valence electrons. The van der Waals surface area contributed by atoms with Crippen LogP contribution in [0.5, 0.6) is 0 Å². The SMILES string of the molecule is CCCCc1ccc(NC(=O)c2ccc(C)c(NS(=O)(=O)c3ccc(C)cc3)c2)cc1. The van der Waals surface area contributed by atoms with Crippen molar-refractivity contribution in [2.24, 2.45) is 0 Å². The Bertz CT molecular complexity index is 1150. The standard InChI is InChI=1S/C25H28N2O3S/c1-4-5-6-20-10-13-22(14-11-20)26-25(28)21-12-9-19(3)24(17-21)27-31(29,30)23-15-7-18(2)8-16-23/h7-17,27H,4-6H2,1-3H3,(H,26,28). The molecular weight excluding hydrogens is 408 g/mol. The van der Waals surface area contributed by atoms with Gasteiger partial charge in [0, 0.05) is 11.3 Å². The molecule has 0 fully saturated rings. The van der Waals surface area contributed by atoms with Crippen molar-refractivity contribution in [1.29, 1.82) is 0 Å². The van der Waals surface area contributed by atoms with E-state index < -0.39 is 10.0 Å². The van der Waals surface area contributed by atoms with Gasteiger partial charge in [-0.1, -0.05) is 49.2 Å². The third kappa shape index (κ3) is 5.95. The lowest BCUT2D eigenvalue weighted by atomic mass is 10.1. The van der Waals surface area contributed by atoms with Crippen molar-refractivity contribution in [2.45, 2.75) is 44.9 Å². The summed E-state index contributed by atoms with van der Waals surface area (Å²) in [7, 11) is -3.75. The number of amides is 1. The zero-order chi connectivity index (χ0) is 22.4. The molecule has 0 aliphatic rings. The van der Waals surface area contributed by atoms with Gasteiger partial charge in [-0.15, -0.1) is 0 Å². The van der Waals surface area contributed by atoms with E-state index in [2.05, 4.69) is 17.0 Å². The molecule has 0 aromatic heterocycles. The smallest absolute Gasteiger partial charge is 0.261 e. The predicted octanol–water partition coefficient (Wildman–Crippen LogP) is 5.70. The summed E-state index contributed by atoms with van der Waals surface area (Å²) in [4.78, 5) is 12.9. The maximum absolute atomic E-state index is 12.7. The summed E-state index contributed by atoms with van der Waals surface area (Å²) in [5.74, 6) is -0.294. The van der Waals surface area contributed by atoms with Crippen LogP contribution in [-0.2, 0) is 16.4 Å². The summed E-state index contributed by atoms with van der Waals surface area (Å²) < 4.78 is 28.1. The van der Waals surface area contributed by atoms with Crippen LogP contribution in [0.3, 0.4) is 0 Å². The van der Waals surface area contributed by atoms with Gasteiger partial charge in [-0.2, -0.15) is 0 Å². The number of rotatable bonds is 8. The first-order valence-corrected chi connectivity index (χ1v) is 11.9. The zero-order valence-corrected chi connectivity index (χ0v) is 18.9. The number of aryl methyl sites for hydroxylation is 3. The van der Waals surface area contributed by atoms with Gasteiger partial charge >= 0.3 is 0 Å². The number of unbranched alkanes of at least 4 members (excludes halogenated alkanes) is 1. The average Bonchev–Trinajstić information content (AvgIpc) is 2.75. The molecule has 0 aliphatic heterocycles. The van der Waals surface area contributed by atoms with Crippen LogP contribution in [0.2, 0.25) is 0 Å². The summed E-state index contributed by atoms with van der Waals surface area (Å²) in [5, 5.41) is 2.87. The first kappa shape index (κ1) is 22.6. The highest BCUT2D eigenvalue weighted by atomic mass is 32.2. The largest absolute Gasteiger partial charge is 0.322 e. The number of hydrogen-bond acceptors (Lipinski definition) is 3. The second-order valence-electron chi connectivity index (χ2n) is 7.70. The third-order valence-electron chi connectivity index (χ3n) is 5.11. The van der Waals surface area contributed by atoms with Crippen molar-refractivity contribution in [1.82, 2.24) is 0 Å². The maximum Gasteiger partial charge on any atom is 0.261 e. The van der Waals surface area contributed by atoms with Gasteiger partial charge < -0.3 is 5.32 Å². The molecule has 0 aliphatic carbocycles. The van der Waals surface area contributed by atoms with Gasteiger partial charge in [0.05, 0.1) is 10.6 Å². The van der Waals surface area contributed by atoms with Crippen molar-refractivity contribution >= 4 is 27.3 Å². The summed E-state index contributed by atoms with van der Waals surface area (Å²) >= 11 is 0. The minimum Gasteiger partial charge on any atom is -0.322 e. The van der Waals surface area contributed by atoms with Crippen LogP contribution in [0.25, 0.3) is 0 Å². The Morgan fingerprint density at radius 2 is 1.58 bits per heavy atom. The highest BCUT2D eigenvalue weighted by Gasteiger charge is 2.16. The summed E-state index contributed by atoms with van der Waals surface area (Å²) in [6.45, 7) is 5.85. The number of hydrogen-bond donors (Lipinski definition) is 2. The second-order valence-corrected chi connectivity index (χ2v) is 9.39. The lowest BCUT2D eigenvalue weighted by Crippen LogP contribution is -2.16. The molecule has 3 aromatic carbocycles. The molecule has 3 rings (SSSR count). The Balaban J connectivity index is 1.75. The first-order valence-electron chi connectivity index (χ1n) is 10.4. The number of benzene rings is 3. The van der Waals surface area contributed by atoms with Crippen LogP contribution in [0, 0.1) is 13.8 Å². The number of anilines is 2. The Morgan fingerprint density at radius 1 is 0.903 bits per heavy atom. The van der Waals surface area contributed by atoms with E-state index in [1.165, 1.54) is 5.56 Å². The van der Waals surface area contributed by atoms with Crippen LogP contribution in [-0.4, -0.2) is 14.3 Å². The van der Waals surface area contributed by atoms with Crippen LogP contribution >= 0.6 is 0 Å². The maximum atomic E-state index is 12.7. The summed E-state index contributed by atoms with van der Waals surface area (Å²) in [6, 6.07) is 19.4. The number of carbonyl (C=O) groups is 1. The van der Waals surface area contributed by atoms with Crippen LogP contribution in [0.4, 0.5) is 11.4 Å². The zero-order valence-electron chi connectivity index (χ0n) is 18.1. The Morgan fingerprint density at radius 3 is 2.23 bits per heavy atom. The lowest BCUT2D eigenvalue weighted by Gasteiger charge is -2.13. The van der Waals surface area contributed by atoms with Gasteiger partial charge in [-0.05, 0) is 74.2 Å². The number of carbonyl (C=O) groups excluding carboxylic acids is 1. The Labute approximate surface area is 184 Å². The molecule has 0 atom stereocenters. The van der Waals surface area contributed by atoms with E-state index in [0.29, 0.717) is 16.9 Å². The van der Waals surface area contributed by atoms with Crippen LogP contribution in [0.15, 0.2) is 71.6 Å². The fraction of sp³-hybridized carbons (Fsp3) is 0.240. The van der Waals surface area contributed by atoms with E-state index in [1.54, 1.807) is 49.4 Å². The molecule has 5 nitrogen and oxygen atoms in total. The fourth-order valence-corrected chi connectivity index (χ4v) is 4.25. The number of nitrogens with one attached hydrogen (secondary N) is 2. The molecule has 0 spiro atoms. The molecule has 3 aromatic rings. The normalized spacial score (nSPS) is 11.2. The topological polar surface area (TPSA) is 75.3 Å². The second kappa shape index (κ2) is 9.79. The molecule has 0 saturated heterocycles. The molecule has 0 bridgehead atoms. The van der Waals surface area contributed by atoms with E-state index in [0.717, 1.165) is 30.4 Å². The van der Waals surface area contributed by atoms with Crippen LogP contribution < -0.4 is 10.0 Å². The van der Waals surface area contributed by atoms with E-state index in [9.17, 15) is 13.2 Å². The van der Waals surface area contributed by atoms with Crippen molar-refractivity contribution in [3.63, 3.8) is 0 Å². The van der Waals surface area contributed by atoms with Gasteiger partial charge in [0.1, 0.15) is 0 Å². The molecule has 31 heavy (non-hydrogen) atoms. The van der Waals surface area contributed by atoms with Crippen LogP contribution in [0.1, 0.15) is 46.8 Å². The van der Waals surface area contributed by atoms with Gasteiger partial charge in [0.25, 0.3) is 15.9 Å². The quantitative estimate of drug-likeness (QED) is 0.476. The van der Waals surface area contributed by atoms with Crippen molar-refractivity contribution in [3.05, 3.63) is 89.0 Å². The van der Waals surface area contributed by atoms with Crippen molar-refractivity contribution in [2.75, 3.05) is 10.0 Å². The van der Waals surface area contributed by atoms with Gasteiger partial charge in [-0.3, -0.25) is 9.52 Å². The van der Waals surface area contributed by atoms with E-state index >= 15 is 0 Å². The Kier molecular flexibility index (Phi) is 7.13. The van der Waals surface area contributed by atoms with Gasteiger partial charge in [0.2, 0.25) is 0 Å². The van der Waals surface area contributed by atoms with Gasteiger partial charge in [-0.25, -0.2) is 8.42 Å². The van der Waals surface area contributed by atoms with Crippen molar-refractivity contribution < 1.29 is 13.2 Å². The Hall–Kier alpha value is -3.12. The fourth-order valence-electron chi connectivity index (χ4n) is 3.13. The minimum absolute atomic E-state index is 0.176. The lowest BCUT2D eigenvalue weighted by molar-refractivity contribution is 0.102. The van der Waals surface area contributed by atoms with E-state index in [4.69, 9.17) is 0 Å². The first-order chi connectivity index (χ1) is 14.8.